The smallest absolute Gasteiger partial charge is 0.147 e. The maximum atomic E-state index is 2.67. The predicted molar refractivity (Wildman–Crippen MR) is 107 cm³/mol. The molecule has 0 aliphatic heterocycles. The Morgan fingerprint density at radius 2 is 1.25 bits per heavy atom. The first-order valence-electron chi connectivity index (χ1n) is 8.12. The summed E-state index contributed by atoms with van der Waals surface area (Å²) in [6.07, 6.45) is 10.8. The molecule has 0 N–H and O–H groups in total. The molecule has 24 heavy (non-hydrogen) atoms. The van der Waals surface area contributed by atoms with Crippen LogP contribution in [0.1, 0.15) is 37.6 Å². The molecular weight excluding hydrogens is 370 g/mol. The van der Waals surface area contributed by atoms with Gasteiger partial charge in [-0.05, 0) is 0 Å². The van der Waals surface area contributed by atoms with Crippen LogP contribution < -0.4 is 0 Å². The maximum absolute atomic E-state index is 2.67. The summed E-state index contributed by atoms with van der Waals surface area (Å²) < 4.78 is 1.33. The van der Waals surface area contributed by atoms with Crippen LogP contribution in [0, 0.1) is 0 Å². The summed E-state index contributed by atoms with van der Waals surface area (Å²) >= 11 is -1.44. The van der Waals surface area contributed by atoms with Crippen molar-refractivity contribution in [3.63, 3.8) is 0 Å². The molecule has 0 fully saturated rings. The topological polar surface area (TPSA) is 0 Å². The van der Waals surface area contributed by atoms with Gasteiger partial charge in [0.1, 0.15) is 0 Å². The summed E-state index contributed by atoms with van der Waals surface area (Å²) in [4.78, 5) is 0. The molecule has 0 nitrogen and oxygen atoms in total. The van der Waals surface area contributed by atoms with Gasteiger partial charge < -0.3 is 0 Å². The first-order chi connectivity index (χ1) is 10.9. The number of benzene rings is 2. The van der Waals surface area contributed by atoms with Crippen LogP contribution in [0.4, 0.5) is 0 Å². The van der Waals surface area contributed by atoms with Gasteiger partial charge in [-0.3, -0.25) is 0 Å². The quantitative estimate of drug-likeness (QED) is 0.560. The zero-order valence-corrected chi connectivity index (χ0v) is 16.9. The normalized spacial score (nSPS) is 18.9. The molecule has 0 bridgehead atoms. The summed E-state index contributed by atoms with van der Waals surface area (Å²) in [6.45, 7) is 2.29. The summed E-state index contributed by atoms with van der Waals surface area (Å²) in [5, 5.41) is 2.67. The van der Waals surface area contributed by atoms with Crippen LogP contribution in [-0.4, -0.2) is 5.02 Å². The minimum Gasteiger partial charge on any atom is -0.147 e. The Kier molecular flexibility index (Phi) is 7.01. The third-order valence-corrected chi connectivity index (χ3v) is 9.95. The molecule has 2 aliphatic rings. The molecule has 2 aromatic rings. The van der Waals surface area contributed by atoms with Crippen LogP contribution in [0.5, 0.6) is 0 Å². The number of rotatable bonds is 3. The molecule has 0 aromatic heterocycles. The summed E-state index contributed by atoms with van der Waals surface area (Å²) in [5.74, 6) is 0. The van der Waals surface area contributed by atoms with E-state index in [-0.39, 0.29) is 24.8 Å². The van der Waals surface area contributed by atoms with Gasteiger partial charge in [0, 0.05) is 0 Å². The van der Waals surface area contributed by atoms with E-state index >= 15 is 0 Å². The molecule has 4 heteroatoms. The van der Waals surface area contributed by atoms with E-state index < -0.39 is 17.2 Å². The largest absolute Gasteiger partial charge is 0.147 e. The number of fused-ring (bicyclic) bond motifs is 2. The maximum Gasteiger partial charge on any atom is -0.147 e. The number of hydrogen-bond acceptors (Lipinski definition) is 0. The van der Waals surface area contributed by atoms with Gasteiger partial charge in [0.2, 0.25) is 0 Å². The van der Waals surface area contributed by atoms with Crippen molar-refractivity contribution < 1.29 is 17.2 Å². The first kappa shape index (κ1) is 19.6. The Morgan fingerprint density at radius 1 is 0.792 bits per heavy atom. The van der Waals surface area contributed by atoms with Crippen molar-refractivity contribution in [1.29, 1.82) is 0 Å². The van der Waals surface area contributed by atoms with Gasteiger partial charge in [-0.2, -0.15) is 0 Å². The van der Waals surface area contributed by atoms with E-state index in [0.29, 0.717) is 8.45 Å². The van der Waals surface area contributed by atoms with Crippen molar-refractivity contribution in [2.75, 3.05) is 0 Å². The zero-order chi connectivity index (χ0) is 14.9. The Balaban J connectivity index is 0.00000104. The van der Waals surface area contributed by atoms with Crippen LogP contribution in [0.3, 0.4) is 0 Å². The fourth-order valence-electron chi connectivity index (χ4n) is 3.76. The second-order valence-corrected chi connectivity index (χ2v) is 10.2. The Bertz CT molecular complexity index is 747. The third kappa shape index (κ3) is 3.46. The van der Waals surface area contributed by atoms with Crippen molar-refractivity contribution in [3.05, 3.63) is 82.9 Å². The number of halogens is 2. The molecule has 0 radical (unpaired) electrons. The predicted octanol–water partition coefficient (Wildman–Crippen LogP) is 6.04. The molecule has 2 atom stereocenters. The van der Waals surface area contributed by atoms with Gasteiger partial charge in [-0.1, -0.05) is 0 Å². The number of allylic oxidation sites excluding steroid dienone is 2. The molecule has 0 saturated heterocycles. The van der Waals surface area contributed by atoms with Gasteiger partial charge >= 0.3 is 139 Å². The van der Waals surface area contributed by atoms with E-state index in [1.165, 1.54) is 17.4 Å². The molecule has 0 spiro atoms. The third-order valence-electron chi connectivity index (χ3n) is 4.76. The minimum atomic E-state index is -1.44. The molecule has 122 valence electrons. The molecule has 2 unspecified atom stereocenters. The van der Waals surface area contributed by atoms with Gasteiger partial charge in [0.05, 0.1) is 0 Å². The molecule has 0 saturated carbocycles. The number of hydrogen-bond donors (Lipinski definition) is 0. The van der Waals surface area contributed by atoms with Crippen LogP contribution >= 0.6 is 24.8 Å². The molecule has 0 heterocycles. The average Bonchev–Trinajstić information content (AvgIpc) is 3.17. The van der Waals surface area contributed by atoms with Crippen molar-refractivity contribution in [2.45, 2.75) is 21.7 Å². The second kappa shape index (κ2) is 8.59. The van der Waals surface area contributed by atoms with Crippen molar-refractivity contribution >= 4 is 42.0 Å². The molecule has 4 rings (SSSR count). The van der Waals surface area contributed by atoms with Crippen molar-refractivity contribution in [1.82, 2.24) is 0 Å². The van der Waals surface area contributed by atoms with Gasteiger partial charge in [-0.25, -0.2) is 0 Å². The molecular formula is C20H21BCl2Ti. The first-order valence-corrected chi connectivity index (χ1v) is 10.8. The van der Waals surface area contributed by atoms with Crippen LogP contribution in [-0.2, 0) is 17.2 Å². The van der Waals surface area contributed by atoms with Gasteiger partial charge in [0.15, 0.2) is 0 Å². The van der Waals surface area contributed by atoms with Crippen molar-refractivity contribution in [2.24, 2.45) is 0 Å². The minimum absolute atomic E-state index is 0. The second-order valence-electron chi connectivity index (χ2n) is 6.04. The monoisotopic (exact) mass is 390 g/mol. The van der Waals surface area contributed by atoms with Gasteiger partial charge in [0.25, 0.3) is 0 Å². The zero-order valence-electron chi connectivity index (χ0n) is 13.7. The van der Waals surface area contributed by atoms with Crippen LogP contribution in [0.2, 0.25) is 6.32 Å². The average molecular weight is 391 g/mol. The van der Waals surface area contributed by atoms with E-state index in [9.17, 15) is 0 Å². The van der Waals surface area contributed by atoms with Crippen molar-refractivity contribution in [3.8, 4) is 0 Å². The van der Waals surface area contributed by atoms with E-state index in [0.717, 1.165) is 0 Å². The molecule has 0 amide bonds. The molecule has 2 aliphatic carbocycles. The van der Waals surface area contributed by atoms with E-state index in [1.807, 2.05) is 0 Å². The molecule has 2 aromatic carbocycles. The van der Waals surface area contributed by atoms with Crippen LogP contribution in [0.15, 0.2) is 60.7 Å². The Labute approximate surface area is 163 Å². The van der Waals surface area contributed by atoms with E-state index in [4.69, 9.17) is 0 Å². The fourth-order valence-corrected chi connectivity index (χ4v) is 8.83. The Hall–Kier alpha value is -0.721. The van der Waals surface area contributed by atoms with Crippen LogP contribution in [0.25, 0.3) is 12.2 Å². The fraction of sp³-hybridized carbons (Fsp3) is 0.200. The Morgan fingerprint density at radius 3 is 1.71 bits per heavy atom. The van der Waals surface area contributed by atoms with E-state index in [2.05, 4.69) is 84.8 Å². The summed E-state index contributed by atoms with van der Waals surface area (Å²) in [5.41, 5.74) is 5.97. The SMILES string of the molecule is CC[B]=[Ti]([CH]1C=Cc2ccccc21)[CH]1C=Cc2ccccc21.Cl.Cl. The van der Waals surface area contributed by atoms with E-state index in [1.54, 1.807) is 11.1 Å². The summed E-state index contributed by atoms with van der Waals surface area (Å²) in [7, 11) is 0. The van der Waals surface area contributed by atoms with Gasteiger partial charge in [-0.15, -0.1) is 24.8 Å². The standard InChI is InChI=1S/2C9H7.C2H5B.2ClH.Ti/c2*1-2-5-9-7-3-6-8(9)4-1;1-2-3;;;/h2*1-7H;2H2,1H3;2*1H;. The summed E-state index contributed by atoms with van der Waals surface area (Å²) in [6, 6.07) is 17.9.